The molecule has 1 unspecified atom stereocenters. The Balaban J connectivity index is 0.00000108. The van der Waals surface area contributed by atoms with E-state index in [1.54, 1.807) is 11.3 Å². The lowest BCUT2D eigenvalue weighted by Gasteiger charge is -2.19. The molecular weight excluding hydrogens is 258 g/mol. The van der Waals surface area contributed by atoms with Crippen LogP contribution < -0.4 is 5.32 Å². The first-order valence-electron chi connectivity index (χ1n) is 5.53. The van der Waals surface area contributed by atoms with Crippen molar-refractivity contribution in [2.45, 2.75) is 25.3 Å². The van der Waals surface area contributed by atoms with Crippen LogP contribution in [0.25, 0.3) is 11.4 Å². The number of piperidine rings is 1. The highest BCUT2D eigenvalue weighted by Crippen LogP contribution is 2.24. The van der Waals surface area contributed by atoms with Gasteiger partial charge in [-0.25, -0.2) is 0 Å². The molecule has 2 aromatic heterocycles. The molecule has 0 spiro atoms. The molecule has 0 bridgehead atoms. The van der Waals surface area contributed by atoms with Crippen LogP contribution in [-0.4, -0.2) is 16.7 Å². The number of aromatic nitrogens is 2. The number of hydrogen-bond acceptors (Lipinski definition) is 5. The van der Waals surface area contributed by atoms with E-state index >= 15 is 0 Å². The minimum absolute atomic E-state index is 0. The first-order valence-corrected chi connectivity index (χ1v) is 6.47. The second-order valence-corrected chi connectivity index (χ2v) is 4.75. The fourth-order valence-corrected chi connectivity index (χ4v) is 2.58. The van der Waals surface area contributed by atoms with E-state index in [0.717, 1.165) is 24.4 Å². The minimum atomic E-state index is 0. The molecule has 2 aromatic rings. The highest BCUT2D eigenvalue weighted by molar-refractivity contribution is 7.08. The van der Waals surface area contributed by atoms with E-state index in [2.05, 4.69) is 15.5 Å². The van der Waals surface area contributed by atoms with Gasteiger partial charge in [-0.1, -0.05) is 11.6 Å². The third-order valence-corrected chi connectivity index (χ3v) is 3.51. The first-order chi connectivity index (χ1) is 7.93. The lowest BCUT2D eigenvalue weighted by Crippen LogP contribution is -2.26. The first kappa shape index (κ1) is 12.5. The lowest BCUT2D eigenvalue weighted by atomic mass is 10.1. The fourth-order valence-electron chi connectivity index (χ4n) is 1.95. The van der Waals surface area contributed by atoms with Crippen LogP contribution in [0, 0.1) is 0 Å². The Morgan fingerprint density at radius 1 is 1.41 bits per heavy atom. The molecule has 3 rings (SSSR count). The highest BCUT2D eigenvalue weighted by atomic mass is 35.5. The van der Waals surface area contributed by atoms with Gasteiger partial charge >= 0.3 is 0 Å². The molecule has 3 heterocycles. The van der Waals surface area contributed by atoms with Crippen molar-refractivity contribution in [2.75, 3.05) is 6.54 Å². The van der Waals surface area contributed by atoms with Gasteiger partial charge in [-0.2, -0.15) is 16.3 Å². The van der Waals surface area contributed by atoms with Gasteiger partial charge in [0, 0.05) is 10.9 Å². The van der Waals surface area contributed by atoms with Crippen molar-refractivity contribution < 1.29 is 4.52 Å². The third kappa shape index (κ3) is 2.68. The average Bonchev–Trinajstić information content (AvgIpc) is 3.01. The fraction of sp³-hybridized carbons (Fsp3) is 0.455. The predicted molar refractivity (Wildman–Crippen MR) is 69.5 cm³/mol. The summed E-state index contributed by atoms with van der Waals surface area (Å²) in [5, 5.41) is 11.5. The summed E-state index contributed by atoms with van der Waals surface area (Å²) in [6.45, 7) is 1.04. The average molecular weight is 272 g/mol. The van der Waals surface area contributed by atoms with Crippen LogP contribution >= 0.6 is 23.7 Å². The molecule has 1 atom stereocenters. The molecule has 0 radical (unpaired) electrons. The van der Waals surface area contributed by atoms with Crippen LogP contribution in [0.5, 0.6) is 0 Å². The Morgan fingerprint density at radius 3 is 3.06 bits per heavy atom. The zero-order valence-electron chi connectivity index (χ0n) is 9.26. The van der Waals surface area contributed by atoms with E-state index in [9.17, 15) is 0 Å². The molecule has 1 N–H and O–H groups in total. The van der Waals surface area contributed by atoms with Gasteiger partial charge in [0.2, 0.25) is 11.7 Å². The van der Waals surface area contributed by atoms with E-state index in [1.807, 2.05) is 16.8 Å². The van der Waals surface area contributed by atoms with Crippen LogP contribution in [0.1, 0.15) is 31.2 Å². The van der Waals surface area contributed by atoms with Gasteiger partial charge in [-0.05, 0) is 30.8 Å². The standard InChI is InChI=1S/C11H13N3OS.ClH/c1-2-5-12-9(3-1)11-13-10(14-15-11)8-4-6-16-7-8;/h4,6-7,9,12H,1-3,5H2;1H. The van der Waals surface area contributed by atoms with Crippen molar-refractivity contribution in [2.24, 2.45) is 0 Å². The van der Waals surface area contributed by atoms with Gasteiger partial charge in [0.25, 0.3) is 0 Å². The summed E-state index contributed by atoms with van der Waals surface area (Å²) >= 11 is 1.64. The van der Waals surface area contributed by atoms with Gasteiger partial charge < -0.3 is 9.84 Å². The van der Waals surface area contributed by atoms with Gasteiger partial charge in [0.05, 0.1) is 6.04 Å². The monoisotopic (exact) mass is 271 g/mol. The van der Waals surface area contributed by atoms with E-state index < -0.39 is 0 Å². The number of hydrogen-bond donors (Lipinski definition) is 1. The maximum Gasteiger partial charge on any atom is 0.244 e. The quantitative estimate of drug-likeness (QED) is 0.912. The van der Waals surface area contributed by atoms with Crippen molar-refractivity contribution in [3.8, 4) is 11.4 Å². The number of thiophene rings is 1. The SMILES string of the molecule is Cl.c1cc(-c2noc(C3CCCCN3)n2)cs1. The van der Waals surface area contributed by atoms with Crippen molar-refractivity contribution in [1.82, 2.24) is 15.5 Å². The normalized spacial score (nSPS) is 19.9. The van der Waals surface area contributed by atoms with Gasteiger partial charge in [-0.3, -0.25) is 0 Å². The van der Waals surface area contributed by atoms with Crippen LogP contribution in [-0.2, 0) is 0 Å². The summed E-state index contributed by atoms with van der Waals surface area (Å²) in [7, 11) is 0. The summed E-state index contributed by atoms with van der Waals surface area (Å²) in [6, 6.07) is 2.25. The van der Waals surface area contributed by atoms with Crippen molar-refractivity contribution >= 4 is 23.7 Å². The zero-order valence-corrected chi connectivity index (χ0v) is 10.9. The smallest absolute Gasteiger partial charge is 0.244 e. The van der Waals surface area contributed by atoms with Gasteiger partial charge in [-0.15, -0.1) is 12.4 Å². The van der Waals surface area contributed by atoms with E-state index in [0.29, 0.717) is 5.82 Å². The number of nitrogens with zero attached hydrogens (tertiary/aromatic N) is 2. The largest absolute Gasteiger partial charge is 0.337 e. The van der Waals surface area contributed by atoms with Crippen molar-refractivity contribution in [3.05, 3.63) is 22.7 Å². The molecule has 1 fully saturated rings. The Morgan fingerprint density at radius 2 is 2.35 bits per heavy atom. The second-order valence-electron chi connectivity index (χ2n) is 3.97. The predicted octanol–water partition coefficient (Wildman–Crippen LogP) is 3.03. The molecule has 0 aliphatic carbocycles. The summed E-state index contributed by atoms with van der Waals surface area (Å²) in [5.74, 6) is 1.42. The number of nitrogens with one attached hydrogen (secondary N) is 1. The maximum absolute atomic E-state index is 5.31. The molecule has 6 heteroatoms. The van der Waals surface area contributed by atoms with Crippen LogP contribution in [0.15, 0.2) is 21.3 Å². The molecule has 92 valence electrons. The van der Waals surface area contributed by atoms with E-state index in [4.69, 9.17) is 4.52 Å². The van der Waals surface area contributed by atoms with E-state index in [1.165, 1.54) is 12.8 Å². The Bertz CT molecular complexity index is 451. The second kappa shape index (κ2) is 5.62. The van der Waals surface area contributed by atoms with Gasteiger partial charge in [0.15, 0.2) is 0 Å². The van der Waals surface area contributed by atoms with Crippen LogP contribution in [0.2, 0.25) is 0 Å². The summed E-state index contributed by atoms with van der Waals surface area (Å²) in [5.41, 5.74) is 1.04. The molecule has 0 aromatic carbocycles. The molecule has 1 saturated heterocycles. The minimum Gasteiger partial charge on any atom is -0.337 e. The molecule has 1 aliphatic rings. The third-order valence-electron chi connectivity index (χ3n) is 2.83. The van der Waals surface area contributed by atoms with Crippen molar-refractivity contribution in [3.63, 3.8) is 0 Å². The molecule has 0 saturated carbocycles. The number of rotatable bonds is 2. The highest BCUT2D eigenvalue weighted by Gasteiger charge is 2.21. The summed E-state index contributed by atoms with van der Waals surface area (Å²) in [6.07, 6.45) is 3.56. The molecule has 17 heavy (non-hydrogen) atoms. The van der Waals surface area contributed by atoms with Crippen molar-refractivity contribution in [1.29, 1.82) is 0 Å². The lowest BCUT2D eigenvalue weighted by molar-refractivity contribution is 0.297. The Kier molecular flexibility index (Phi) is 4.15. The zero-order chi connectivity index (χ0) is 10.8. The Labute approximate surface area is 110 Å². The molecule has 4 nitrogen and oxygen atoms in total. The Hall–Kier alpha value is -0.910. The topological polar surface area (TPSA) is 51.0 Å². The van der Waals surface area contributed by atoms with Crippen LogP contribution in [0.3, 0.4) is 0 Å². The number of halogens is 1. The summed E-state index contributed by atoms with van der Waals surface area (Å²) < 4.78 is 5.31. The molecule has 0 amide bonds. The maximum atomic E-state index is 5.31. The molecular formula is C11H14ClN3OS. The van der Waals surface area contributed by atoms with Gasteiger partial charge in [0.1, 0.15) is 0 Å². The van der Waals surface area contributed by atoms with E-state index in [-0.39, 0.29) is 18.4 Å². The summed E-state index contributed by atoms with van der Waals surface area (Å²) in [4.78, 5) is 4.44. The van der Waals surface area contributed by atoms with Crippen LogP contribution in [0.4, 0.5) is 0 Å². The molecule has 1 aliphatic heterocycles.